The minimum Gasteiger partial charge on any atom is -0.481 e. The minimum absolute atomic E-state index is 0.0588. The zero-order valence-corrected chi connectivity index (χ0v) is 14.3. The van der Waals surface area contributed by atoms with E-state index in [4.69, 9.17) is 19.4 Å². The van der Waals surface area contributed by atoms with Crippen LogP contribution in [0.5, 0.6) is 5.75 Å². The number of aliphatic carboxylic acids is 2. The van der Waals surface area contributed by atoms with Crippen LogP contribution in [0.15, 0.2) is 27.4 Å². The number of esters is 1. The summed E-state index contributed by atoms with van der Waals surface area (Å²) in [7, 11) is 0. The van der Waals surface area contributed by atoms with Gasteiger partial charge in [0.2, 0.25) is 0 Å². The number of carboxylic acid groups (broad SMARTS) is 2. The van der Waals surface area contributed by atoms with E-state index in [1.54, 1.807) is 13.0 Å². The average Bonchev–Trinajstić information content (AvgIpc) is 2.53. The molecule has 8 heteroatoms. The molecule has 1 unspecified atom stereocenters. The number of rotatable bonds is 7. The first-order chi connectivity index (χ1) is 12.2. The van der Waals surface area contributed by atoms with Crippen LogP contribution in [0, 0.1) is 12.8 Å². The van der Waals surface area contributed by atoms with Crippen LogP contribution in [0.1, 0.15) is 30.9 Å². The molecule has 2 N–H and O–H groups in total. The maximum absolute atomic E-state index is 12.1. The zero-order chi connectivity index (χ0) is 19.4. The van der Waals surface area contributed by atoms with Crippen LogP contribution in [0.3, 0.4) is 0 Å². The van der Waals surface area contributed by atoms with Gasteiger partial charge in [-0.1, -0.05) is 6.92 Å². The summed E-state index contributed by atoms with van der Waals surface area (Å²) in [6.45, 7) is 3.09. The van der Waals surface area contributed by atoms with Crippen molar-refractivity contribution in [1.82, 2.24) is 0 Å². The van der Waals surface area contributed by atoms with E-state index in [0.717, 1.165) is 0 Å². The van der Waals surface area contributed by atoms with Crippen molar-refractivity contribution in [1.29, 1.82) is 0 Å². The van der Waals surface area contributed by atoms with E-state index < -0.39 is 29.5 Å². The van der Waals surface area contributed by atoms with Gasteiger partial charge in [0.15, 0.2) is 0 Å². The molecule has 0 saturated heterocycles. The van der Waals surface area contributed by atoms with Gasteiger partial charge in [0.1, 0.15) is 11.3 Å². The fourth-order valence-corrected chi connectivity index (χ4v) is 2.47. The Morgan fingerprint density at radius 3 is 2.54 bits per heavy atom. The van der Waals surface area contributed by atoms with Crippen LogP contribution in [-0.4, -0.2) is 28.1 Å². The summed E-state index contributed by atoms with van der Waals surface area (Å²) in [5, 5.41) is 18.2. The summed E-state index contributed by atoms with van der Waals surface area (Å²) in [6, 6.07) is 4.47. The summed E-state index contributed by atoms with van der Waals surface area (Å²) in [5.41, 5.74) is 0.456. The molecule has 0 aliphatic rings. The molecule has 0 aliphatic carbocycles. The number of hydrogen-bond acceptors (Lipinski definition) is 6. The third-order valence-electron chi connectivity index (χ3n) is 3.97. The smallest absolute Gasteiger partial charge is 0.339 e. The SMILES string of the molecule is Cc1c(CCC(=O)O)c(=O)oc2cc(OC(=O)CC(C)C(=O)O)ccc12. The Kier molecular flexibility index (Phi) is 5.76. The molecule has 138 valence electrons. The second-order valence-electron chi connectivity index (χ2n) is 5.96. The van der Waals surface area contributed by atoms with Crippen molar-refractivity contribution < 1.29 is 33.8 Å². The Balaban J connectivity index is 2.27. The molecule has 1 aromatic heterocycles. The third-order valence-corrected chi connectivity index (χ3v) is 3.97. The molecule has 0 bridgehead atoms. The summed E-state index contributed by atoms with van der Waals surface area (Å²) >= 11 is 0. The Hall–Kier alpha value is -3.16. The van der Waals surface area contributed by atoms with Gasteiger partial charge in [0.25, 0.3) is 0 Å². The molecule has 26 heavy (non-hydrogen) atoms. The lowest BCUT2D eigenvalue weighted by Gasteiger charge is -2.10. The molecule has 0 aliphatic heterocycles. The predicted octanol–water partition coefficient (Wildman–Crippen LogP) is 2.13. The summed E-state index contributed by atoms with van der Waals surface area (Å²) in [5.74, 6) is -3.57. The number of ether oxygens (including phenoxy) is 1. The molecule has 0 radical (unpaired) electrons. The van der Waals surface area contributed by atoms with Crippen LogP contribution in [0.25, 0.3) is 11.0 Å². The first kappa shape index (κ1) is 19.2. The molecule has 1 atom stereocenters. The molecule has 0 fully saturated rings. The van der Waals surface area contributed by atoms with Gasteiger partial charge < -0.3 is 19.4 Å². The molecule has 0 saturated carbocycles. The van der Waals surface area contributed by atoms with Crippen LogP contribution in [0.4, 0.5) is 0 Å². The normalized spacial score (nSPS) is 11.9. The second kappa shape index (κ2) is 7.81. The number of benzene rings is 1. The van der Waals surface area contributed by atoms with Gasteiger partial charge in [0, 0.05) is 23.4 Å². The van der Waals surface area contributed by atoms with E-state index in [0.29, 0.717) is 16.5 Å². The molecular formula is C18H18O8. The lowest BCUT2D eigenvalue weighted by atomic mass is 10.0. The van der Waals surface area contributed by atoms with Gasteiger partial charge in [0.05, 0.1) is 12.3 Å². The van der Waals surface area contributed by atoms with Crippen molar-refractivity contribution in [3.8, 4) is 5.75 Å². The number of carbonyl (C=O) groups excluding carboxylic acids is 1. The Morgan fingerprint density at radius 2 is 1.92 bits per heavy atom. The van der Waals surface area contributed by atoms with Crippen molar-refractivity contribution in [3.05, 3.63) is 39.7 Å². The largest absolute Gasteiger partial charge is 0.481 e. The Bertz CT molecular complexity index is 925. The van der Waals surface area contributed by atoms with E-state index in [1.165, 1.54) is 19.1 Å². The fourth-order valence-electron chi connectivity index (χ4n) is 2.47. The van der Waals surface area contributed by atoms with Crippen LogP contribution in [-0.2, 0) is 20.8 Å². The van der Waals surface area contributed by atoms with Crippen molar-refractivity contribution in [2.75, 3.05) is 0 Å². The van der Waals surface area contributed by atoms with Crippen LogP contribution < -0.4 is 10.4 Å². The number of hydrogen-bond donors (Lipinski definition) is 2. The summed E-state index contributed by atoms with van der Waals surface area (Å²) < 4.78 is 10.3. The maximum atomic E-state index is 12.1. The third kappa shape index (κ3) is 4.47. The molecule has 2 rings (SSSR count). The lowest BCUT2D eigenvalue weighted by molar-refractivity contribution is -0.146. The zero-order valence-electron chi connectivity index (χ0n) is 14.3. The van der Waals surface area contributed by atoms with E-state index in [-0.39, 0.29) is 30.6 Å². The minimum atomic E-state index is -1.10. The van der Waals surface area contributed by atoms with Crippen molar-refractivity contribution >= 4 is 28.9 Å². The van der Waals surface area contributed by atoms with E-state index in [2.05, 4.69) is 0 Å². The van der Waals surface area contributed by atoms with E-state index >= 15 is 0 Å². The quantitative estimate of drug-likeness (QED) is 0.435. The monoisotopic (exact) mass is 362 g/mol. The van der Waals surface area contributed by atoms with Crippen molar-refractivity contribution in [3.63, 3.8) is 0 Å². The lowest BCUT2D eigenvalue weighted by Crippen LogP contribution is -2.18. The number of carboxylic acids is 2. The maximum Gasteiger partial charge on any atom is 0.339 e. The molecule has 1 aromatic carbocycles. The molecule has 0 amide bonds. The van der Waals surface area contributed by atoms with E-state index in [9.17, 15) is 19.2 Å². The highest BCUT2D eigenvalue weighted by atomic mass is 16.5. The van der Waals surface area contributed by atoms with Gasteiger partial charge in [-0.05, 0) is 31.0 Å². The van der Waals surface area contributed by atoms with Crippen molar-refractivity contribution in [2.24, 2.45) is 5.92 Å². The highest BCUT2D eigenvalue weighted by Crippen LogP contribution is 2.25. The van der Waals surface area contributed by atoms with Crippen LogP contribution in [0.2, 0.25) is 0 Å². The average molecular weight is 362 g/mol. The molecule has 0 spiro atoms. The molecule has 2 aromatic rings. The highest BCUT2D eigenvalue weighted by Gasteiger charge is 2.18. The first-order valence-electron chi connectivity index (χ1n) is 7.90. The van der Waals surface area contributed by atoms with E-state index in [1.807, 2.05) is 0 Å². The topological polar surface area (TPSA) is 131 Å². The second-order valence-corrected chi connectivity index (χ2v) is 5.96. The molecular weight excluding hydrogens is 344 g/mol. The number of fused-ring (bicyclic) bond motifs is 1. The number of aryl methyl sites for hydroxylation is 1. The summed E-state index contributed by atoms with van der Waals surface area (Å²) in [6.07, 6.45) is -0.414. The fraction of sp³-hybridized carbons (Fsp3) is 0.333. The molecule has 8 nitrogen and oxygen atoms in total. The Labute approximate surface area is 148 Å². The van der Waals surface area contributed by atoms with Gasteiger partial charge in [-0.2, -0.15) is 0 Å². The predicted molar refractivity (Wildman–Crippen MR) is 90.2 cm³/mol. The van der Waals surface area contributed by atoms with Crippen molar-refractivity contribution in [2.45, 2.75) is 33.1 Å². The van der Waals surface area contributed by atoms with Gasteiger partial charge in [-0.25, -0.2) is 4.79 Å². The van der Waals surface area contributed by atoms with Gasteiger partial charge >= 0.3 is 23.5 Å². The van der Waals surface area contributed by atoms with Crippen LogP contribution >= 0.6 is 0 Å². The van der Waals surface area contributed by atoms with Gasteiger partial charge in [-0.3, -0.25) is 14.4 Å². The number of carbonyl (C=O) groups is 3. The van der Waals surface area contributed by atoms with Gasteiger partial charge in [-0.15, -0.1) is 0 Å². The summed E-state index contributed by atoms with van der Waals surface area (Å²) in [4.78, 5) is 45.3. The standard InChI is InChI=1S/C18H18O8/c1-9(17(22)23)7-16(21)25-11-3-4-12-10(2)13(5-6-15(19)20)18(24)26-14(12)8-11/h3-4,8-9H,5-7H2,1-2H3,(H,19,20)(H,22,23). The molecule has 1 heterocycles. The highest BCUT2D eigenvalue weighted by molar-refractivity contribution is 5.84. The Morgan fingerprint density at radius 1 is 1.23 bits per heavy atom. The first-order valence-corrected chi connectivity index (χ1v) is 7.90.